The van der Waals surface area contributed by atoms with Gasteiger partial charge in [0.25, 0.3) is 0 Å². The molecule has 0 spiro atoms. The Kier molecular flexibility index (Phi) is 4.04. The lowest BCUT2D eigenvalue weighted by Crippen LogP contribution is -2.21. The van der Waals surface area contributed by atoms with E-state index >= 15 is 0 Å². The zero-order valence-corrected chi connectivity index (χ0v) is 11.4. The van der Waals surface area contributed by atoms with Gasteiger partial charge in [-0.05, 0) is 44.2 Å². The normalized spacial score (nSPS) is 25.7. The molecule has 1 nitrogen and oxygen atoms in total. The molecule has 0 amide bonds. The first-order chi connectivity index (χ1) is 7.74. The maximum Gasteiger partial charge on any atom is 0.0388 e. The summed E-state index contributed by atoms with van der Waals surface area (Å²) in [5, 5.41) is 3.75. The summed E-state index contributed by atoms with van der Waals surface area (Å²) in [5.41, 5.74) is 0. The second-order valence-electron chi connectivity index (χ2n) is 4.94. The molecule has 1 aliphatic carbocycles. The van der Waals surface area contributed by atoms with Gasteiger partial charge in [-0.1, -0.05) is 20.3 Å². The van der Waals surface area contributed by atoms with Crippen LogP contribution in [0, 0.1) is 5.92 Å². The summed E-state index contributed by atoms with van der Waals surface area (Å²) >= 11 is 1.96. The van der Waals surface area contributed by atoms with E-state index < -0.39 is 0 Å². The first-order valence-electron chi connectivity index (χ1n) is 6.59. The molecule has 90 valence electrons. The summed E-state index contributed by atoms with van der Waals surface area (Å²) in [7, 11) is 0. The van der Waals surface area contributed by atoms with E-state index in [4.69, 9.17) is 0 Å². The van der Waals surface area contributed by atoms with Crippen LogP contribution in [0.1, 0.15) is 55.8 Å². The van der Waals surface area contributed by atoms with Crippen molar-refractivity contribution in [1.82, 2.24) is 5.32 Å². The first kappa shape index (κ1) is 12.1. The van der Waals surface area contributed by atoms with Crippen LogP contribution in [0.15, 0.2) is 12.1 Å². The number of nitrogens with one attached hydrogen (secondary N) is 1. The molecule has 0 aliphatic heterocycles. The number of hydrogen-bond donors (Lipinski definition) is 1. The number of thiophene rings is 1. The van der Waals surface area contributed by atoms with Gasteiger partial charge in [-0.3, -0.25) is 0 Å². The highest BCUT2D eigenvalue weighted by Gasteiger charge is 2.36. The molecule has 1 N–H and O–H groups in total. The van der Waals surface area contributed by atoms with Crippen LogP contribution < -0.4 is 5.32 Å². The van der Waals surface area contributed by atoms with E-state index in [0.717, 1.165) is 12.0 Å². The van der Waals surface area contributed by atoms with Crippen LogP contribution in [-0.2, 0) is 6.42 Å². The number of rotatable bonds is 6. The van der Waals surface area contributed by atoms with Crippen LogP contribution in [-0.4, -0.2) is 6.04 Å². The number of aryl methyl sites for hydroxylation is 1. The summed E-state index contributed by atoms with van der Waals surface area (Å²) < 4.78 is 0. The Morgan fingerprint density at radius 3 is 2.88 bits per heavy atom. The quantitative estimate of drug-likeness (QED) is 0.783. The Balaban J connectivity index is 1.82. The van der Waals surface area contributed by atoms with Crippen LogP contribution >= 0.6 is 11.3 Å². The summed E-state index contributed by atoms with van der Waals surface area (Å²) in [4.78, 5) is 3.00. The molecule has 16 heavy (non-hydrogen) atoms. The van der Waals surface area contributed by atoms with Crippen LogP contribution in [0.5, 0.6) is 0 Å². The molecule has 2 heteroatoms. The molecular formula is C14H23NS. The molecule has 1 fully saturated rings. The van der Waals surface area contributed by atoms with Gasteiger partial charge < -0.3 is 5.32 Å². The zero-order chi connectivity index (χ0) is 11.5. The Morgan fingerprint density at radius 2 is 2.25 bits per heavy atom. The fourth-order valence-electron chi connectivity index (χ4n) is 2.36. The van der Waals surface area contributed by atoms with Crippen LogP contribution in [0.25, 0.3) is 0 Å². The van der Waals surface area contributed by atoms with E-state index in [1.807, 2.05) is 11.3 Å². The molecule has 2 rings (SSSR count). The van der Waals surface area contributed by atoms with Gasteiger partial charge >= 0.3 is 0 Å². The summed E-state index contributed by atoms with van der Waals surface area (Å²) in [6.45, 7) is 6.81. The summed E-state index contributed by atoms with van der Waals surface area (Å²) in [6.07, 6.45) is 5.29. The topological polar surface area (TPSA) is 12.0 Å². The van der Waals surface area contributed by atoms with Crippen molar-refractivity contribution in [2.24, 2.45) is 5.92 Å². The molecule has 0 radical (unpaired) electrons. The summed E-state index contributed by atoms with van der Waals surface area (Å²) in [6, 6.07) is 5.90. The Hall–Kier alpha value is -0.340. The van der Waals surface area contributed by atoms with E-state index in [-0.39, 0.29) is 0 Å². The lowest BCUT2D eigenvalue weighted by atomic mass is 10.2. The molecule has 1 aliphatic rings. The van der Waals surface area contributed by atoms with Crippen molar-refractivity contribution in [3.05, 3.63) is 21.9 Å². The predicted molar refractivity (Wildman–Crippen MR) is 72.1 cm³/mol. The monoisotopic (exact) mass is 237 g/mol. The molecule has 3 atom stereocenters. The minimum Gasteiger partial charge on any atom is -0.306 e. The van der Waals surface area contributed by atoms with Crippen LogP contribution in [0.2, 0.25) is 0 Å². The third kappa shape index (κ3) is 2.86. The second kappa shape index (κ2) is 5.33. The van der Waals surface area contributed by atoms with Gasteiger partial charge in [0.2, 0.25) is 0 Å². The second-order valence-corrected chi connectivity index (χ2v) is 6.14. The van der Waals surface area contributed by atoms with Gasteiger partial charge in [0.1, 0.15) is 0 Å². The maximum atomic E-state index is 3.75. The van der Waals surface area contributed by atoms with Gasteiger partial charge in [0.15, 0.2) is 0 Å². The molecule has 1 aromatic rings. The Morgan fingerprint density at radius 1 is 1.44 bits per heavy atom. The average molecular weight is 237 g/mol. The van der Waals surface area contributed by atoms with Crippen molar-refractivity contribution >= 4 is 11.3 Å². The van der Waals surface area contributed by atoms with Gasteiger partial charge in [-0.15, -0.1) is 11.3 Å². The first-order valence-corrected chi connectivity index (χ1v) is 7.40. The molecule has 0 bridgehead atoms. The van der Waals surface area contributed by atoms with Crippen molar-refractivity contribution in [3.8, 4) is 0 Å². The van der Waals surface area contributed by atoms with Crippen molar-refractivity contribution < 1.29 is 0 Å². The van der Waals surface area contributed by atoms with Gasteiger partial charge in [-0.2, -0.15) is 0 Å². The molecule has 1 aromatic heterocycles. The minimum atomic E-state index is 0.539. The zero-order valence-electron chi connectivity index (χ0n) is 10.6. The van der Waals surface area contributed by atoms with Crippen LogP contribution in [0.4, 0.5) is 0 Å². The minimum absolute atomic E-state index is 0.539. The smallest absolute Gasteiger partial charge is 0.0388 e. The third-order valence-corrected chi connectivity index (χ3v) is 4.92. The fraction of sp³-hybridized carbons (Fsp3) is 0.714. The Labute approximate surface area is 103 Å². The van der Waals surface area contributed by atoms with E-state index in [1.54, 1.807) is 0 Å². The maximum absolute atomic E-state index is 3.75. The third-order valence-electron chi connectivity index (χ3n) is 3.50. The molecule has 1 heterocycles. The number of hydrogen-bond acceptors (Lipinski definition) is 2. The van der Waals surface area contributed by atoms with Gasteiger partial charge in [0.05, 0.1) is 0 Å². The van der Waals surface area contributed by atoms with Crippen molar-refractivity contribution in [2.75, 3.05) is 0 Å². The lowest BCUT2D eigenvalue weighted by Gasteiger charge is -2.11. The molecule has 0 saturated heterocycles. The van der Waals surface area contributed by atoms with Crippen molar-refractivity contribution in [1.29, 1.82) is 0 Å². The fourth-order valence-corrected chi connectivity index (χ4v) is 3.33. The average Bonchev–Trinajstić information content (AvgIpc) is 2.84. The lowest BCUT2D eigenvalue weighted by molar-refractivity contribution is 0.535. The molecule has 1 saturated carbocycles. The standard InChI is InChI=1S/C14H23NS/c1-4-6-11-9-13(11)15-10(3)14-8-7-12(5-2)16-14/h7-8,10-11,13,15H,4-6,9H2,1-3H3. The Bertz CT molecular complexity index is 331. The van der Waals surface area contributed by atoms with Crippen molar-refractivity contribution in [2.45, 2.75) is 58.5 Å². The predicted octanol–water partition coefficient (Wildman–Crippen LogP) is 4.15. The van der Waals surface area contributed by atoms with Gasteiger partial charge in [0, 0.05) is 21.8 Å². The highest BCUT2D eigenvalue weighted by molar-refractivity contribution is 7.12. The van der Waals surface area contributed by atoms with E-state index in [2.05, 4.69) is 38.2 Å². The molecule has 3 unspecified atom stereocenters. The molecule has 0 aromatic carbocycles. The van der Waals surface area contributed by atoms with Gasteiger partial charge in [-0.25, -0.2) is 0 Å². The van der Waals surface area contributed by atoms with Crippen LogP contribution in [0.3, 0.4) is 0 Å². The van der Waals surface area contributed by atoms with E-state index in [9.17, 15) is 0 Å². The summed E-state index contributed by atoms with van der Waals surface area (Å²) in [5.74, 6) is 0.957. The molecular weight excluding hydrogens is 214 g/mol. The van der Waals surface area contributed by atoms with E-state index in [1.165, 1.54) is 35.4 Å². The van der Waals surface area contributed by atoms with Crippen molar-refractivity contribution in [3.63, 3.8) is 0 Å². The highest BCUT2D eigenvalue weighted by atomic mass is 32.1. The highest BCUT2D eigenvalue weighted by Crippen LogP contribution is 2.37. The SMILES string of the molecule is CCCC1CC1NC(C)c1ccc(CC)s1. The van der Waals surface area contributed by atoms with E-state index in [0.29, 0.717) is 6.04 Å². The largest absolute Gasteiger partial charge is 0.306 e.